The van der Waals surface area contributed by atoms with Gasteiger partial charge in [0.2, 0.25) is 5.91 Å². The number of hydrogen-bond acceptors (Lipinski definition) is 2. The zero-order chi connectivity index (χ0) is 16.7. The Bertz CT molecular complexity index is 519. The van der Waals surface area contributed by atoms with Crippen molar-refractivity contribution in [1.82, 2.24) is 0 Å². The molecule has 4 heteroatoms. The molecule has 2 rings (SSSR count). The second-order valence-electron chi connectivity index (χ2n) is 6.48. The summed E-state index contributed by atoms with van der Waals surface area (Å²) < 4.78 is 0. The summed E-state index contributed by atoms with van der Waals surface area (Å²) in [5.41, 5.74) is 1.44. The Balaban J connectivity index is 1.82. The number of hydrogen-bond donors (Lipinski definition) is 1. The van der Waals surface area contributed by atoms with Gasteiger partial charge in [-0.1, -0.05) is 42.1 Å². The van der Waals surface area contributed by atoms with Crippen molar-refractivity contribution in [3.63, 3.8) is 0 Å². The Morgan fingerprint density at radius 2 is 1.78 bits per heavy atom. The summed E-state index contributed by atoms with van der Waals surface area (Å²) in [7, 11) is 0. The van der Waals surface area contributed by atoms with Crippen LogP contribution in [-0.4, -0.2) is 17.0 Å². The number of rotatable bonds is 7. The lowest BCUT2D eigenvalue weighted by molar-refractivity contribution is -0.121. The monoisotopic (exact) mass is 379 g/mol. The third-order valence-electron chi connectivity index (χ3n) is 4.78. The number of carbonyl (C=O) groups excluding carboxylic acids is 2. The molecule has 0 radical (unpaired) electrons. The fourth-order valence-electron chi connectivity index (χ4n) is 3.27. The Hall–Kier alpha value is -1.16. The number of carbonyl (C=O) groups is 2. The van der Waals surface area contributed by atoms with Gasteiger partial charge in [0, 0.05) is 17.2 Å². The molecule has 0 heterocycles. The Kier molecular flexibility index (Phi) is 7.28. The fourth-order valence-corrected chi connectivity index (χ4v) is 3.59. The first kappa shape index (κ1) is 18.2. The van der Waals surface area contributed by atoms with Crippen molar-refractivity contribution in [2.75, 3.05) is 10.6 Å². The molecule has 0 aliphatic heterocycles. The molecular formula is C19H26BrNO2. The molecule has 1 fully saturated rings. The van der Waals surface area contributed by atoms with Gasteiger partial charge in [0.05, 0.1) is 5.33 Å². The van der Waals surface area contributed by atoms with Crippen LogP contribution in [0.1, 0.15) is 62.2 Å². The first-order chi connectivity index (χ1) is 11.1. The van der Waals surface area contributed by atoms with Crippen LogP contribution >= 0.6 is 15.9 Å². The Morgan fingerprint density at radius 3 is 2.35 bits per heavy atom. The maximum absolute atomic E-state index is 12.4. The van der Waals surface area contributed by atoms with Gasteiger partial charge in [-0.2, -0.15) is 0 Å². The molecule has 1 aliphatic rings. The van der Waals surface area contributed by atoms with E-state index in [0.717, 1.165) is 24.4 Å². The third-order valence-corrected chi connectivity index (χ3v) is 5.29. The number of nitrogens with one attached hydrogen (secondary N) is 1. The molecule has 1 N–H and O–H groups in total. The van der Waals surface area contributed by atoms with Gasteiger partial charge in [0.15, 0.2) is 5.78 Å². The normalized spacial score (nSPS) is 21.0. The van der Waals surface area contributed by atoms with E-state index < -0.39 is 0 Å². The molecule has 1 aliphatic carbocycles. The average Bonchev–Trinajstić information content (AvgIpc) is 2.60. The molecule has 0 spiro atoms. The molecule has 0 atom stereocenters. The predicted molar refractivity (Wildman–Crippen MR) is 98.2 cm³/mol. The van der Waals surface area contributed by atoms with E-state index in [1.807, 2.05) is 0 Å². The molecule has 0 saturated heterocycles. The Morgan fingerprint density at radius 1 is 1.13 bits per heavy atom. The van der Waals surface area contributed by atoms with Crippen molar-refractivity contribution < 1.29 is 9.59 Å². The van der Waals surface area contributed by atoms with Crippen molar-refractivity contribution in [3.05, 3.63) is 29.8 Å². The minimum absolute atomic E-state index is 0.0493. The zero-order valence-corrected chi connectivity index (χ0v) is 15.4. The highest BCUT2D eigenvalue weighted by Gasteiger charge is 2.25. The third kappa shape index (κ3) is 5.45. The SMILES string of the molecule is CCCCC1CCC(C(=O)Nc2ccc(C(=O)CBr)cc2)CC1. The van der Waals surface area contributed by atoms with Crippen LogP contribution in [0.25, 0.3) is 0 Å². The average molecular weight is 380 g/mol. The van der Waals surface area contributed by atoms with E-state index in [0.29, 0.717) is 10.9 Å². The molecule has 3 nitrogen and oxygen atoms in total. The number of alkyl halides is 1. The molecule has 0 unspecified atom stereocenters. The van der Waals surface area contributed by atoms with Gasteiger partial charge in [-0.25, -0.2) is 0 Å². The van der Waals surface area contributed by atoms with Crippen LogP contribution in [0.4, 0.5) is 5.69 Å². The summed E-state index contributed by atoms with van der Waals surface area (Å²) in [4.78, 5) is 23.9. The van der Waals surface area contributed by atoms with Gasteiger partial charge in [0.1, 0.15) is 0 Å². The van der Waals surface area contributed by atoms with Gasteiger partial charge < -0.3 is 5.32 Å². The molecule has 1 aromatic rings. The van der Waals surface area contributed by atoms with E-state index in [9.17, 15) is 9.59 Å². The van der Waals surface area contributed by atoms with Crippen LogP contribution in [0.3, 0.4) is 0 Å². The highest BCUT2D eigenvalue weighted by atomic mass is 79.9. The van der Waals surface area contributed by atoms with Crippen molar-refractivity contribution in [3.8, 4) is 0 Å². The maximum atomic E-state index is 12.4. The topological polar surface area (TPSA) is 46.2 Å². The van der Waals surface area contributed by atoms with Crippen LogP contribution in [0.15, 0.2) is 24.3 Å². The van der Waals surface area contributed by atoms with Crippen molar-refractivity contribution in [1.29, 1.82) is 0 Å². The lowest BCUT2D eigenvalue weighted by Crippen LogP contribution is -2.27. The number of benzene rings is 1. The summed E-state index contributed by atoms with van der Waals surface area (Å²) in [6.07, 6.45) is 8.23. The van der Waals surface area contributed by atoms with E-state index in [2.05, 4.69) is 28.2 Å². The first-order valence-corrected chi connectivity index (χ1v) is 9.76. The number of halogens is 1. The molecule has 0 aromatic heterocycles. The lowest BCUT2D eigenvalue weighted by atomic mass is 9.79. The molecular weight excluding hydrogens is 354 g/mol. The number of Topliss-reactive ketones (excluding diaryl/α,β-unsaturated/α-hetero) is 1. The van der Waals surface area contributed by atoms with Crippen LogP contribution in [0.2, 0.25) is 0 Å². The quantitative estimate of drug-likeness (QED) is 0.522. The van der Waals surface area contributed by atoms with Crippen molar-refractivity contribution in [2.45, 2.75) is 51.9 Å². The van der Waals surface area contributed by atoms with Gasteiger partial charge >= 0.3 is 0 Å². The van der Waals surface area contributed by atoms with Gasteiger partial charge in [0.25, 0.3) is 0 Å². The highest BCUT2D eigenvalue weighted by molar-refractivity contribution is 9.09. The zero-order valence-electron chi connectivity index (χ0n) is 13.8. The van der Waals surface area contributed by atoms with E-state index in [1.54, 1.807) is 24.3 Å². The molecule has 1 aromatic carbocycles. The van der Waals surface area contributed by atoms with Crippen molar-refractivity contribution in [2.24, 2.45) is 11.8 Å². The molecule has 0 bridgehead atoms. The van der Waals surface area contributed by atoms with Crippen LogP contribution in [0.5, 0.6) is 0 Å². The van der Waals surface area contributed by atoms with Gasteiger partial charge in [-0.15, -0.1) is 0 Å². The van der Waals surface area contributed by atoms with Crippen LogP contribution in [0, 0.1) is 11.8 Å². The maximum Gasteiger partial charge on any atom is 0.227 e. The van der Waals surface area contributed by atoms with Crippen molar-refractivity contribution >= 4 is 33.3 Å². The number of anilines is 1. The largest absolute Gasteiger partial charge is 0.326 e. The number of unbranched alkanes of at least 4 members (excludes halogenated alkanes) is 1. The lowest BCUT2D eigenvalue weighted by Gasteiger charge is -2.27. The van der Waals surface area contributed by atoms with E-state index >= 15 is 0 Å². The summed E-state index contributed by atoms with van der Waals surface area (Å²) in [6, 6.07) is 7.14. The molecule has 1 saturated carbocycles. The highest BCUT2D eigenvalue weighted by Crippen LogP contribution is 2.32. The number of amides is 1. The van der Waals surface area contributed by atoms with E-state index in [-0.39, 0.29) is 17.6 Å². The van der Waals surface area contributed by atoms with Gasteiger partial charge in [-0.3, -0.25) is 9.59 Å². The van der Waals surface area contributed by atoms with Crippen LogP contribution < -0.4 is 5.32 Å². The predicted octanol–water partition coefficient (Wildman–Crippen LogP) is 5.20. The summed E-state index contributed by atoms with van der Waals surface area (Å²) in [5, 5.41) is 3.31. The molecule has 126 valence electrons. The second kappa shape index (κ2) is 9.21. The minimum Gasteiger partial charge on any atom is -0.326 e. The first-order valence-electron chi connectivity index (χ1n) is 8.64. The standard InChI is InChI=1S/C19H26BrNO2/c1-2-3-4-14-5-7-16(8-6-14)19(23)21-17-11-9-15(10-12-17)18(22)13-20/h9-12,14,16H,2-8,13H2,1H3,(H,21,23). The molecule has 1 amide bonds. The van der Waals surface area contributed by atoms with Gasteiger partial charge in [-0.05, 0) is 55.9 Å². The summed E-state index contributed by atoms with van der Waals surface area (Å²) in [6.45, 7) is 2.23. The second-order valence-corrected chi connectivity index (χ2v) is 7.04. The Labute approximate surface area is 147 Å². The smallest absolute Gasteiger partial charge is 0.227 e. The van der Waals surface area contributed by atoms with E-state index in [1.165, 1.54) is 32.1 Å². The van der Waals surface area contributed by atoms with Crippen LogP contribution in [-0.2, 0) is 4.79 Å². The molecule has 23 heavy (non-hydrogen) atoms. The summed E-state index contributed by atoms with van der Waals surface area (Å²) in [5.74, 6) is 1.12. The fraction of sp³-hybridized carbons (Fsp3) is 0.579. The minimum atomic E-state index is 0.0493. The number of ketones is 1. The summed E-state index contributed by atoms with van der Waals surface area (Å²) >= 11 is 3.16. The van der Waals surface area contributed by atoms with E-state index in [4.69, 9.17) is 0 Å².